The Morgan fingerprint density at radius 3 is 1.75 bits per heavy atom. The van der Waals surface area contributed by atoms with Crippen LogP contribution in [0.3, 0.4) is 0 Å². The Balaban J connectivity index is 4.00. The average molecular weight is 141 g/mol. The number of hydrogen-bond acceptors (Lipinski definition) is 0. The molecular weight excluding hydrogens is 134 g/mol. The molecule has 8 heavy (non-hydrogen) atoms. The first-order valence-corrected chi connectivity index (χ1v) is 2.64. The highest BCUT2D eigenvalue weighted by molar-refractivity contribution is 6.28. The van der Waals surface area contributed by atoms with Crippen LogP contribution in [0.15, 0.2) is 11.1 Å². The van der Waals surface area contributed by atoms with Gasteiger partial charge in [0.25, 0.3) is 0 Å². The molecule has 3 heteroatoms. The molecule has 0 aromatic carbocycles. The summed E-state index contributed by atoms with van der Waals surface area (Å²) in [7, 11) is 0. The van der Waals surface area contributed by atoms with Gasteiger partial charge in [0.2, 0.25) is 5.29 Å². The van der Waals surface area contributed by atoms with E-state index in [1.165, 1.54) is 13.8 Å². The van der Waals surface area contributed by atoms with E-state index in [2.05, 4.69) is 11.6 Å². The van der Waals surface area contributed by atoms with E-state index in [1.807, 2.05) is 0 Å². The standard InChI is InChI=1S/C5H7ClF2/c1-3(2)4(7)5(6)8/h3H,1-2H3/b5-4-. The molecule has 0 N–H and O–H groups in total. The molecule has 0 heterocycles. The van der Waals surface area contributed by atoms with Crippen LogP contribution in [0, 0.1) is 5.92 Å². The molecule has 0 saturated heterocycles. The summed E-state index contributed by atoms with van der Waals surface area (Å²) >= 11 is 4.66. The second-order valence-corrected chi connectivity index (χ2v) is 2.09. The lowest BCUT2D eigenvalue weighted by Crippen LogP contribution is -1.86. The lowest BCUT2D eigenvalue weighted by Gasteiger charge is -1.96. The highest BCUT2D eigenvalue weighted by Gasteiger charge is 2.06. The second kappa shape index (κ2) is 3.02. The Labute approximate surface area is 52.1 Å². The molecule has 0 atom stereocenters. The molecule has 48 valence electrons. The lowest BCUT2D eigenvalue weighted by molar-refractivity contribution is 0.481. The first-order valence-electron chi connectivity index (χ1n) is 2.26. The van der Waals surface area contributed by atoms with Gasteiger partial charge in [0.1, 0.15) is 5.83 Å². The van der Waals surface area contributed by atoms with Crippen molar-refractivity contribution in [1.82, 2.24) is 0 Å². The van der Waals surface area contributed by atoms with E-state index in [1.54, 1.807) is 0 Å². The first kappa shape index (κ1) is 7.89. The molecule has 0 aliphatic carbocycles. The monoisotopic (exact) mass is 140 g/mol. The third-order valence-electron chi connectivity index (χ3n) is 0.687. The molecule has 0 radical (unpaired) electrons. The summed E-state index contributed by atoms with van der Waals surface area (Å²) in [5.41, 5.74) is 0. The molecular formula is C5H7ClF2. The molecule has 0 amide bonds. The van der Waals surface area contributed by atoms with Gasteiger partial charge < -0.3 is 0 Å². The summed E-state index contributed by atoms with van der Waals surface area (Å²) in [5, 5.41) is -1.24. The van der Waals surface area contributed by atoms with Gasteiger partial charge >= 0.3 is 0 Å². The molecule has 0 aliphatic rings. The molecule has 0 aromatic heterocycles. The zero-order valence-electron chi connectivity index (χ0n) is 4.71. The number of rotatable bonds is 1. The van der Waals surface area contributed by atoms with Gasteiger partial charge in [-0.25, -0.2) is 4.39 Å². The van der Waals surface area contributed by atoms with Crippen LogP contribution in [0.4, 0.5) is 8.78 Å². The number of hydrogen-bond donors (Lipinski definition) is 0. The van der Waals surface area contributed by atoms with Crippen LogP contribution in [0.2, 0.25) is 0 Å². The Morgan fingerprint density at radius 1 is 1.38 bits per heavy atom. The largest absolute Gasteiger partial charge is 0.220 e. The predicted octanol–water partition coefficient (Wildman–Crippen LogP) is 2.99. The molecule has 0 bridgehead atoms. The van der Waals surface area contributed by atoms with Crippen LogP contribution in [-0.2, 0) is 0 Å². The van der Waals surface area contributed by atoms with Gasteiger partial charge in [0, 0.05) is 5.92 Å². The summed E-state index contributed by atoms with van der Waals surface area (Å²) < 4.78 is 23.6. The highest BCUT2D eigenvalue weighted by atomic mass is 35.5. The summed E-state index contributed by atoms with van der Waals surface area (Å²) in [4.78, 5) is 0. The van der Waals surface area contributed by atoms with Crippen molar-refractivity contribution in [3.63, 3.8) is 0 Å². The van der Waals surface area contributed by atoms with Crippen molar-refractivity contribution in [2.75, 3.05) is 0 Å². The minimum absolute atomic E-state index is 0.451. The maximum atomic E-state index is 12.0. The summed E-state index contributed by atoms with van der Waals surface area (Å²) in [5.74, 6) is -1.33. The maximum absolute atomic E-state index is 12.0. The first-order chi connectivity index (χ1) is 3.55. The van der Waals surface area contributed by atoms with E-state index in [4.69, 9.17) is 0 Å². The summed E-state index contributed by atoms with van der Waals surface area (Å²) in [6, 6.07) is 0. The highest BCUT2D eigenvalue weighted by Crippen LogP contribution is 2.19. The quantitative estimate of drug-likeness (QED) is 0.525. The van der Waals surface area contributed by atoms with Crippen molar-refractivity contribution < 1.29 is 8.78 Å². The molecule has 0 nitrogen and oxygen atoms in total. The van der Waals surface area contributed by atoms with Gasteiger partial charge in [-0.05, 0) is 11.6 Å². The Hall–Kier alpha value is -0.110. The third-order valence-corrected chi connectivity index (χ3v) is 0.868. The second-order valence-electron chi connectivity index (χ2n) is 1.76. The lowest BCUT2D eigenvalue weighted by atomic mass is 10.2. The van der Waals surface area contributed by atoms with Crippen molar-refractivity contribution in [3.05, 3.63) is 11.1 Å². The number of allylic oxidation sites excluding steroid dienone is 1. The third kappa shape index (κ3) is 2.26. The van der Waals surface area contributed by atoms with Gasteiger partial charge in [-0.2, -0.15) is 4.39 Å². The smallest absolute Gasteiger partial charge is 0.207 e. The van der Waals surface area contributed by atoms with Gasteiger partial charge in [-0.3, -0.25) is 0 Å². The Morgan fingerprint density at radius 2 is 1.75 bits per heavy atom. The van der Waals surface area contributed by atoms with E-state index >= 15 is 0 Å². The zero-order valence-corrected chi connectivity index (χ0v) is 5.47. The summed E-state index contributed by atoms with van der Waals surface area (Å²) in [6.45, 7) is 3.05. The van der Waals surface area contributed by atoms with Crippen LogP contribution in [-0.4, -0.2) is 0 Å². The zero-order chi connectivity index (χ0) is 6.73. The van der Waals surface area contributed by atoms with Gasteiger partial charge in [0.15, 0.2) is 0 Å². The molecule has 0 spiro atoms. The van der Waals surface area contributed by atoms with E-state index in [-0.39, 0.29) is 0 Å². The van der Waals surface area contributed by atoms with E-state index in [0.717, 1.165) is 0 Å². The fraction of sp³-hybridized carbons (Fsp3) is 0.600. The average Bonchev–Trinajstić information content (AvgIpc) is 1.64. The fourth-order valence-corrected chi connectivity index (χ4v) is 0.436. The van der Waals surface area contributed by atoms with Crippen LogP contribution in [0.1, 0.15) is 13.8 Å². The molecule has 0 aliphatic heterocycles. The Bertz CT molecular complexity index is 103. The molecule has 0 rings (SSSR count). The van der Waals surface area contributed by atoms with E-state index in [9.17, 15) is 8.78 Å². The van der Waals surface area contributed by atoms with Crippen LogP contribution < -0.4 is 0 Å². The summed E-state index contributed by atoms with van der Waals surface area (Å²) in [6.07, 6.45) is 0. The molecule has 0 fully saturated rings. The van der Waals surface area contributed by atoms with E-state index in [0.29, 0.717) is 0 Å². The van der Waals surface area contributed by atoms with Gasteiger partial charge in [-0.15, -0.1) is 0 Å². The normalized spacial score (nSPS) is 14.2. The minimum Gasteiger partial charge on any atom is -0.207 e. The van der Waals surface area contributed by atoms with Crippen molar-refractivity contribution >= 4 is 11.6 Å². The number of halogens is 3. The van der Waals surface area contributed by atoms with Crippen LogP contribution >= 0.6 is 11.6 Å². The van der Waals surface area contributed by atoms with E-state index < -0.39 is 17.0 Å². The molecule has 0 saturated carbocycles. The van der Waals surface area contributed by atoms with Crippen molar-refractivity contribution in [2.24, 2.45) is 5.92 Å². The SMILES string of the molecule is CC(C)/C(F)=C(/F)Cl. The molecule has 0 unspecified atom stereocenters. The molecule has 0 aromatic rings. The van der Waals surface area contributed by atoms with Gasteiger partial charge in [0.05, 0.1) is 0 Å². The maximum Gasteiger partial charge on any atom is 0.220 e. The van der Waals surface area contributed by atoms with Crippen molar-refractivity contribution in [1.29, 1.82) is 0 Å². The van der Waals surface area contributed by atoms with Crippen molar-refractivity contribution in [2.45, 2.75) is 13.8 Å². The predicted molar refractivity (Wildman–Crippen MR) is 29.9 cm³/mol. The minimum atomic E-state index is -1.24. The van der Waals surface area contributed by atoms with Crippen LogP contribution in [0.5, 0.6) is 0 Å². The van der Waals surface area contributed by atoms with Gasteiger partial charge in [-0.1, -0.05) is 13.8 Å². The fourth-order valence-electron chi connectivity index (χ4n) is 0.218. The topological polar surface area (TPSA) is 0 Å². The van der Waals surface area contributed by atoms with Crippen LogP contribution in [0.25, 0.3) is 0 Å². The Kier molecular flexibility index (Phi) is 2.98. The van der Waals surface area contributed by atoms with Crippen molar-refractivity contribution in [3.8, 4) is 0 Å².